The van der Waals surface area contributed by atoms with E-state index in [9.17, 15) is 0 Å². The van der Waals surface area contributed by atoms with E-state index < -0.39 is 0 Å². The molecule has 0 spiro atoms. The van der Waals surface area contributed by atoms with Gasteiger partial charge in [0.25, 0.3) is 0 Å². The minimum absolute atomic E-state index is 0.00114. The molecule has 0 aromatic carbocycles. The SMILES string of the molecule is NCCCCCC[N+](N)(N)Cc1cnc(Cl)s1. The van der Waals surface area contributed by atoms with Crippen LogP contribution >= 0.6 is 22.9 Å². The van der Waals surface area contributed by atoms with E-state index in [0.717, 1.165) is 43.6 Å². The number of halogens is 1. The van der Waals surface area contributed by atoms with Crippen LogP contribution in [0.3, 0.4) is 0 Å². The number of thiazole rings is 1. The van der Waals surface area contributed by atoms with Gasteiger partial charge in [-0.15, -0.1) is 11.3 Å². The van der Waals surface area contributed by atoms with Gasteiger partial charge in [-0.3, -0.25) is 0 Å². The second kappa shape index (κ2) is 7.25. The van der Waals surface area contributed by atoms with Gasteiger partial charge in [-0.25, -0.2) is 4.98 Å². The number of hydrogen-bond donors (Lipinski definition) is 3. The third-order valence-corrected chi connectivity index (χ3v) is 3.60. The maximum absolute atomic E-state index is 6.00. The van der Waals surface area contributed by atoms with Crippen molar-refractivity contribution in [3.05, 3.63) is 15.5 Å². The van der Waals surface area contributed by atoms with Crippen molar-refractivity contribution in [1.82, 2.24) is 4.98 Å². The van der Waals surface area contributed by atoms with E-state index in [0.29, 0.717) is 11.0 Å². The number of nitrogens with zero attached hydrogens (tertiary/aromatic N) is 2. The van der Waals surface area contributed by atoms with Gasteiger partial charge in [0.2, 0.25) is 0 Å². The van der Waals surface area contributed by atoms with Crippen LogP contribution in [0.5, 0.6) is 0 Å². The van der Waals surface area contributed by atoms with Gasteiger partial charge >= 0.3 is 0 Å². The lowest BCUT2D eigenvalue weighted by atomic mass is 10.2. The Bertz CT molecular complexity index is 328. The zero-order valence-corrected chi connectivity index (χ0v) is 11.5. The Morgan fingerprint density at radius 2 is 1.94 bits per heavy atom. The first-order valence-corrected chi connectivity index (χ1v) is 6.97. The summed E-state index contributed by atoms with van der Waals surface area (Å²) < 4.78 is 0.532. The number of nitrogens with two attached hydrogens (primary N) is 3. The number of rotatable bonds is 8. The van der Waals surface area contributed by atoms with Gasteiger partial charge in [0.15, 0.2) is 11.0 Å². The fourth-order valence-corrected chi connectivity index (χ4v) is 2.71. The normalized spacial score (nSPS) is 12.0. The van der Waals surface area contributed by atoms with Crippen LogP contribution in [0.4, 0.5) is 0 Å². The Labute approximate surface area is 111 Å². The van der Waals surface area contributed by atoms with Crippen LogP contribution in [0.15, 0.2) is 6.20 Å². The summed E-state index contributed by atoms with van der Waals surface area (Å²) in [6, 6.07) is 0. The molecule has 0 aliphatic rings. The van der Waals surface area contributed by atoms with E-state index in [1.54, 1.807) is 6.20 Å². The summed E-state index contributed by atoms with van der Waals surface area (Å²) in [4.78, 5) is 4.99. The molecule has 0 saturated heterocycles. The zero-order chi connectivity index (χ0) is 12.7. The molecule has 5 nitrogen and oxygen atoms in total. The minimum atomic E-state index is 0.00114. The molecule has 0 unspecified atom stereocenters. The molecule has 7 heteroatoms. The van der Waals surface area contributed by atoms with Gasteiger partial charge in [0.1, 0.15) is 6.54 Å². The second-order valence-electron chi connectivity index (χ2n) is 4.27. The van der Waals surface area contributed by atoms with Crippen molar-refractivity contribution >= 4 is 22.9 Å². The molecule has 1 aromatic heterocycles. The van der Waals surface area contributed by atoms with E-state index in [1.807, 2.05) is 0 Å². The Balaban J connectivity index is 2.25. The molecule has 6 N–H and O–H groups in total. The molecule has 0 bridgehead atoms. The fourth-order valence-electron chi connectivity index (χ4n) is 1.63. The third kappa shape index (κ3) is 6.30. The van der Waals surface area contributed by atoms with Crippen LogP contribution in [-0.4, -0.2) is 22.8 Å². The maximum Gasteiger partial charge on any atom is 0.183 e. The summed E-state index contributed by atoms with van der Waals surface area (Å²) in [5.41, 5.74) is 5.43. The Kier molecular flexibility index (Phi) is 6.32. The molecular formula is C10H21ClN5S+. The standard InChI is InChI=1S/C10H21ClN5S/c11-10-15-7-9(17-10)8-16(13,14)6-4-2-1-3-5-12/h7H,1-6,8,12-14H2/q+1. The molecule has 0 atom stereocenters. The minimum Gasteiger partial charge on any atom is -0.330 e. The van der Waals surface area contributed by atoms with Crippen molar-refractivity contribution in [2.75, 3.05) is 13.1 Å². The molecule has 17 heavy (non-hydrogen) atoms. The zero-order valence-electron chi connectivity index (χ0n) is 9.94. The quantitative estimate of drug-likeness (QED) is 0.290. The lowest BCUT2D eigenvalue weighted by Gasteiger charge is -2.25. The largest absolute Gasteiger partial charge is 0.330 e. The molecule has 98 valence electrons. The van der Waals surface area contributed by atoms with E-state index in [-0.39, 0.29) is 4.70 Å². The third-order valence-electron chi connectivity index (χ3n) is 2.50. The highest BCUT2D eigenvalue weighted by atomic mass is 35.5. The van der Waals surface area contributed by atoms with Crippen LogP contribution in [0.1, 0.15) is 30.6 Å². The van der Waals surface area contributed by atoms with Crippen LogP contribution in [0, 0.1) is 0 Å². The number of aromatic nitrogens is 1. The smallest absolute Gasteiger partial charge is 0.183 e. The summed E-state index contributed by atoms with van der Waals surface area (Å²) >= 11 is 7.18. The molecular weight excluding hydrogens is 258 g/mol. The maximum atomic E-state index is 6.00. The van der Waals surface area contributed by atoms with Gasteiger partial charge in [0.05, 0.1) is 4.88 Å². The molecule has 1 heterocycles. The molecule has 0 saturated carbocycles. The van der Waals surface area contributed by atoms with E-state index in [2.05, 4.69) is 4.98 Å². The molecule has 0 radical (unpaired) electrons. The number of unbranched alkanes of at least 4 members (excludes halogenated alkanes) is 3. The van der Waals surface area contributed by atoms with Gasteiger partial charge in [-0.1, -0.05) is 18.0 Å². The first-order chi connectivity index (χ1) is 8.03. The van der Waals surface area contributed by atoms with Gasteiger partial charge in [0, 0.05) is 12.6 Å². The van der Waals surface area contributed by atoms with E-state index >= 15 is 0 Å². The number of quaternary nitrogens is 1. The topological polar surface area (TPSA) is 91.0 Å². The lowest BCUT2D eigenvalue weighted by molar-refractivity contribution is -0.964. The first kappa shape index (κ1) is 14.8. The monoisotopic (exact) mass is 278 g/mol. The molecule has 0 fully saturated rings. The van der Waals surface area contributed by atoms with Crippen molar-refractivity contribution in [2.45, 2.75) is 32.2 Å². The highest BCUT2D eigenvalue weighted by Gasteiger charge is 2.19. The fraction of sp³-hybridized carbons (Fsp3) is 0.700. The van der Waals surface area contributed by atoms with Crippen molar-refractivity contribution in [3.63, 3.8) is 0 Å². The first-order valence-electron chi connectivity index (χ1n) is 5.78. The average molecular weight is 279 g/mol. The number of hydrogen-bond acceptors (Lipinski definition) is 5. The predicted octanol–water partition coefficient (Wildman–Crippen LogP) is 1.38. The highest BCUT2D eigenvalue weighted by molar-refractivity contribution is 7.15. The van der Waals surface area contributed by atoms with Crippen molar-refractivity contribution < 1.29 is 4.70 Å². The molecule has 0 aliphatic carbocycles. The molecule has 1 rings (SSSR count). The molecule has 0 aliphatic heterocycles. The average Bonchev–Trinajstić information content (AvgIpc) is 2.62. The Morgan fingerprint density at radius 1 is 1.24 bits per heavy atom. The summed E-state index contributed by atoms with van der Waals surface area (Å²) in [6.45, 7) is 2.08. The van der Waals surface area contributed by atoms with E-state index in [4.69, 9.17) is 29.0 Å². The van der Waals surface area contributed by atoms with Gasteiger partial charge < -0.3 is 5.73 Å². The summed E-state index contributed by atoms with van der Waals surface area (Å²) in [7, 11) is 0. The van der Waals surface area contributed by atoms with Crippen molar-refractivity contribution in [2.24, 2.45) is 17.4 Å². The van der Waals surface area contributed by atoms with Gasteiger partial charge in [-0.2, -0.15) is 16.4 Å². The summed E-state index contributed by atoms with van der Waals surface area (Å²) in [5.74, 6) is 12.0. The van der Waals surface area contributed by atoms with Crippen LogP contribution in [-0.2, 0) is 6.54 Å². The van der Waals surface area contributed by atoms with Crippen molar-refractivity contribution in [1.29, 1.82) is 0 Å². The summed E-state index contributed by atoms with van der Waals surface area (Å²) in [5, 5.41) is 0. The van der Waals surface area contributed by atoms with Crippen LogP contribution < -0.4 is 17.4 Å². The Morgan fingerprint density at radius 3 is 2.53 bits per heavy atom. The summed E-state index contributed by atoms with van der Waals surface area (Å²) in [6.07, 6.45) is 6.07. The van der Waals surface area contributed by atoms with Crippen molar-refractivity contribution in [3.8, 4) is 0 Å². The highest BCUT2D eigenvalue weighted by Crippen LogP contribution is 2.19. The van der Waals surface area contributed by atoms with Gasteiger partial charge in [-0.05, 0) is 19.4 Å². The Hall–Kier alpha value is -0.240. The molecule has 1 aromatic rings. The van der Waals surface area contributed by atoms with E-state index in [1.165, 1.54) is 11.3 Å². The van der Waals surface area contributed by atoms with Crippen LogP contribution in [0.2, 0.25) is 4.47 Å². The lowest BCUT2D eigenvalue weighted by Crippen LogP contribution is -2.59. The van der Waals surface area contributed by atoms with Crippen LogP contribution in [0.25, 0.3) is 0 Å². The molecule has 0 amide bonds. The second-order valence-corrected chi connectivity index (χ2v) is 5.96. The predicted molar refractivity (Wildman–Crippen MR) is 71.9 cm³/mol.